The van der Waals surface area contributed by atoms with Gasteiger partial charge in [0.05, 0.1) is 0 Å². The van der Waals surface area contributed by atoms with Crippen molar-refractivity contribution in [3.05, 3.63) is 83.2 Å². The molecule has 2 aliphatic rings. The van der Waals surface area contributed by atoms with Crippen molar-refractivity contribution in [2.75, 3.05) is 0 Å². The summed E-state index contributed by atoms with van der Waals surface area (Å²) in [6.07, 6.45) is 12.9. The van der Waals surface area contributed by atoms with E-state index in [0.717, 1.165) is 47.3 Å². The molecule has 0 aliphatic heterocycles. The van der Waals surface area contributed by atoms with E-state index in [4.69, 9.17) is 0 Å². The number of benzene rings is 3. The van der Waals surface area contributed by atoms with Gasteiger partial charge in [-0.1, -0.05) is 81.1 Å². The van der Waals surface area contributed by atoms with Crippen molar-refractivity contribution in [2.24, 2.45) is 17.8 Å². The van der Waals surface area contributed by atoms with Gasteiger partial charge in [-0.2, -0.15) is 0 Å². The molecule has 2 saturated carbocycles. The number of halogens is 3. The summed E-state index contributed by atoms with van der Waals surface area (Å²) in [5.74, 6) is 1.20. The van der Waals surface area contributed by atoms with Crippen LogP contribution in [-0.4, -0.2) is 0 Å². The second-order valence-electron chi connectivity index (χ2n) is 11.6. The summed E-state index contributed by atoms with van der Waals surface area (Å²) >= 11 is 0. The fourth-order valence-corrected chi connectivity index (χ4v) is 7.01. The molecule has 2 fully saturated rings. The second-order valence-corrected chi connectivity index (χ2v) is 11.6. The highest BCUT2D eigenvalue weighted by Gasteiger charge is 2.31. The molecule has 0 bridgehead atoms. The Labute approximate surface area is 220 Å². The van der Waals surface area contributed by atoms with E-state index in [1.54, 1.807) is 37.3 Å². The van der Waals surface area contributed by atoms with Gasteiger partial charge in [0.1, 0.15) is 5.82 Å². The lowest BCUT2D eigenvalue weighted by molar-refractivity contribution is 0.156. The minimum atomic E-state index is -0.831. The molecule has 3 aromatic rings. The third-order valence-electron chi connectivity index (χ3n) is 9.27. The van der Waals surface area contributed by atoms with Crippen LogP contribution in [0.15, 0.2) is 54.6 Å². The first-order valence-electron chi connectivity index (χ1n) is 14.3. The molecular weight excluding hydrogens is 465 g/mol. The topological polar surface area (TPSA) is 0 Å². The van der Waals surface area contributed by atoms with Crippen LogP contribution in [0.1, 0.15) is 88.2 Å². The van der Waals surface area contributed by atoms with Crippen LogP contribution < -0.4 is 0 Å². The van der Waals surface area contributed by atoms with E-state index in [2.05, 4.69) is 6.92 Å². The molecule has 0 atom stereocenters. The molecule has 0 heterocycles. The Bertz CT molecular complexity index is 1200. The fraction of sp³-hybridized carbons (Fsp3) is 0.471. The van der Waals surface area contributed by atoms with Gasteiger partial charge in [0.25, 0.3) is 0 Å². The highest BCUT2D eigenvalue weighted by Crippen LogP contribution is 2.45. The van der Waals surface area contributed by atoms with Crippen molar-refractivity contribution in [3.8, 4) is 22.3 Å². The highest BCUT2D eigenvalue weighted by atomic mass is 19.2. The third kappa shape index (κ3) is 5.66. The molecule has 0 radical (unpaired) electrons. The van der Waals surface area contributed by atoms with Gasteiger partial charge in [0, 0.05) is 5.56 Å². The summed E-state index contributed by atoms with van der Waals surface area (Å²) in [6, 6.07) is 16.0. The summed E-state index contributed by atoms with van der Waals surface area (Å²) in [7, 11) is 0. The first-order chi connectivity index (χ1) is 17.9. The van der Waals surface area contributed by atoms with E-state index in [9.17, 15) is 8.78 Å². The standard InChI is InChI=1S/C34H39F3/c1-3-4-23-6-8-24(9-7-23)25-10-14-27(15-11-25)30-20-18-29(21-32(30)35)26-12-16-28(17-13-26)31-19-5-22(2)33(36)34(31)37/h5,12-13,16-21,23-25,27H,3-4,6-11,14-15H2,1-2H3. The van der Waals surface area contributed by atoms with Gasteiger partial charge in [-0.25, -0.2) is 13.2 Å². The van der Waals surface area contributed by atoms with Gasteiger partial charge in [0.15, 0.2) is 11.6 Å². The largest absolute Gasteiger partial charge is 0.207 e. The van der Waals surface area contributed by atoms with E-state index in [1.807, 2.05) is 24.3 Å². The quantitative estimate of drug-likeness (QED) is 0.313. The molecule has 5 rings (SSSR count). The van der Waals surface area contributed by atoms with Crippen LogP contribution in [0.4, 0.5) is 13.2 Å². The Hall–Kier alpha value is -2.55. The van der Waals surface area contributed by atoms with Gasteiger partial charge >= 0.3 is 0 Å². The van der Waals surface area contributed by atoms with Crippen molar-refractivity contribution in [1.29, 1.82) is 0 Å². The maximum atomic E-state index is 15.3. The van der Waals surface area contributed by atoms with Crippen molar-refractivity contribution in [3.63, 3.8) is 0 Å². The Morgan fingerprint density at radius 3 is 1.86 bits per heavy atom. The molecule has 0 aromatic heterocycles. The fourth-order valence-electron chi connectivity index (χ4n) is 7.01. The van der Waals surface area contributed by atoms with Gasteiger partial charge in [-0.3, -0.25) is 0 Å². The van der Waals surface area contributed by atoms with E-state index in [0.29, 0.717) is 11.5 Å². The van der Waals surface area contributed by atoms with E-state index in [1.165, 1.54) is 51.4 Å². The predicted octanol–water partition coefficient (Wildman–Crippen LogP) is 10.6. The van der Waals surface area contributed by atoms with Crippen LogP contribution in [0, 0.1) is 42.1 Å². The SMILES string of the molecule is CCCC1CCC(C2CCC(c3ccc(-c4ccc(-c5ccc(C)c(F)c5F)cc4)cc3F)CC2)CC1. The van der Waals surface area contributed by atoms with Gasteiger partial charge in [-0.05, 0) is 103 Å². The third-order valence-corrected chi connectivity index (χ3v) is 9.27. The molecule has 0 amide bonds. The van der Waals surface area contributed by atoms with Crippen LogP contribution in [0.5, 0.6) is 0 Å². The first-order valence-corrected chi connectivity index (χ1v) is 14.3. The summed E-state index contributed by atoms with van der Waals surface area (Å²) in [5, 5.41) is 0. The lowest BCUT2D eigenvalue weighted by atomic mass is 9.68. The highest BCUT2D eigenvalue weighted by molar-refractivity contribution is 5.71. The Kier molecular flexibility index (Phi) is 8.07. The van der Waals surface area contributed by atoms with Crippen LogP contribution in [-0.2, 0) is 0 Å². The predicted molar refractivity (Wildman–Crippen MR) is 147 cm³/mol. The number of hydrogen-bond donors (Lipinski definition) is 0. The molecule has 0 spiro atoms. The Morgan fingerprint density at radius 2 is 1.24 bits per heavy atom. The Morgan fingerprint density at radius 1 is 0.649 bits per heavy atom. The lowest BCUT2D eigenvalue weighted by Gasteiger charge is -2.38. The average molecular weight is 505 g/mol. The number of rotatable bonds is 6. The molecule has 3 aromatic carbocycles. The minimum absolute atomic E-state index is 0.128. The molecular formula is C34H39F3. The molecule has 2 aliphatic carbocycles. The Balaban J connectivity index is 1.22. The maximum Gasteiger partial charge on any atom is 0.166 e. The van der Waals surface area contributed by atoms with E-state index < -0.39 is 11.6 Å². The number of aryl methyl sites for hydroxylation is 1. The van der Waals surface area contributed by atoms with Gasteiger partial charge in [-0.15, -0.1) is 0 Å². The number of hydrogen-bond acceptors (Lipinski definition) is 0. The zero-order valence-electron chi connectivity index (χ0n) is 22.2. The molecule has 37 heavy (non-hydrogen) atoms. The smallest absolute Gasteiger partial charge is 0.166 e. The van der Waals surface area contributed by atoms with Crippen LogP contribution in [0.2, 0.25) is 0 Å². The molecule has 3 heteroatoms. The van der Waals surface area contributed by atoms with E-state index in [-0.39, 0.29) is 16.9 Å². The molecule has 0 nitrogen and oxygen atoms in total. The first kappa shape index (κ1) is 26.1. The molecule has 196 valence electrons. The zero-order valence-corrected chi connectivity index (χ0v) is 22.2. The maximum absolute atomic E-state index is 15.3. The molecule has 0 saturated heterocycles. The zero-order chi connectivity index (χ0) is 25.9. The summed E-state index contributed by atoms with van der Waals surface area (Å²) in [4.78, 5) is 0. The summed E-state index contributed by atoms with van der Waals surface area (Å²) in [5.41, 5.74) is 3.65. The second kappa shape index (κ2) is 11.5. The van der Waals surface area contributed by atoms with Crippen molar-refractivity contribution in [2.45, 2.75) is 84.0 Å². The summed E-state index contributed by atoms with van der Waals surface area (Å²) in [6.45, 7) is 3.85. The monoisotopic (exact) mass is 504 g/mol. The van der Waals surface area contributed by atoms with Crippen molar-refractivity contribution >= 4 is 0 Å². The average Bonchev–Trinajstić information content (AvgIpc) is 2.93. The van der Waals surface area contributed by atoms with Gasteiger partial charge in [0.2, 0.25) is 0 Å². The van der Waals surface area contributed by atoms with Gasteiger partial charge < -0.3 is 0 Å². The lowest BCUT2D eigenvalue weighted by Crippen LogP contribution is -2.25. The summed E-state index contributed by atoms with van der Waals surface area (Å²) < 4.78 is 43.7. The van der Waals surface area contributed by atoms with Crippen LogP contribution in [0.25, 0.3) is 22.3 Å². The van der Waals surface area contributed by atoms with Crippen molar-refractivity contribution < 1.29 is 13.2 Å². The van der Waals surface area contributed by atoms with Crippen molar-refractivity contribution in [1.82, 2.24) is 0 Å². The normalized spacial score (nSPS) is 24.2. The van der Waals surface area contributed by atoms with E-state index >= 15 is 4.39 Å². The van der Waals surface area contributed by atoms with Crippen LogP contribution in [0.3, 0.4) is 0 Å². The van der Waals surface area contributed by atoms with Crippen LogP contribution >= 0.6 is 0 Å². The molecule has 0 unspecified atom stereocenters. The molecule has 0 N–H and O–H groups in total. The minimum Gasteiger partial charge on any atom is -0.207 e.